The Balaban J connectivity index is 1.67. The summed E-state index contributed by atoms with van der Waals surface area (Å²) in [6.07, 6.45) is 6.41. The lowest BCUT2D eigenvalue weighted by molar-refractivity contribution is -0.123. The molecule has 250 valence electrons. The molecule has 0 saturated heterocycles. The van der Waals surface area contributed by atoms with E-state index in [-0.39, 0.29) is 23.6 Å². The Morgan fingerprint density at radius 3 is 1.12 bits per heavy atom. The third-order valence-corrected chi connectivity index (χ3v) is 7.12. The number of rotatable bonds is 12. The van der Waals surface area contributed by atoms with Gasteiger partial charge in [0.25, 0.3) is 23.6 Å². The average molecular weight is 649 g/mol. The van der Waals surface area contributed by atoms with Crippen molar-refractivity contribution in [3.8, 4) is 0 Å². The average Bonchev–Trinajstić information content (AvgIpc) is 3.09. The van der Waals surface area contributed by atoms with Crippen molar-refractivity contribution in [1.82, 2.24) is 9.80 Å². The van der Waals surface area contributed by atoms with Crippen LogP contribution in [-0.2, 0) is 9.59 Å². The van der Waals surface area contributed by atoms with Crippen LogP contribution < -0.4 is 10.6 Å². The maximum absolute atomic E-state index is 13.0. The van der Waals surface area contributed by atoms with Crippen molar-refractivity contribution < 1.29 is 19.2 Å². The molecular weight excluding hydrogens is 604 g/mol. The molecule has 0 saturated carbocycles. The predicted octanol–water partition coefficient (Wildman–Crippen LogP) is 6.57. The fourth-order valence-electron chi connectivity index (χ4n) is 4.83. The molecule has 0 aliphatic rings. The Bertz CT molecular complexity index is 1560. The molecule has 0 aliphatic carbocycles. The maximum Gasteiger partial charge on any atom is 0.255 e. The molecule has 48 heavy (non-hydrogen) atoms. The minimum atomic E-state index is -0.329. The highest BCUT2D eigenvalue weighted by Crippen LogP contribution is 2.17. The normalized spacial score (nSPS) is 11.9. The number of nitrogens with one attached hydrogen (secondary N) is 2. The van der Waals surface area contributed by atoms with E-state index >= 15 is 0 Å². The molecule has 4 amide bonds. The van der Waals surface area contributed by atoms with Crippen LogP contribution in [0.15, 0.2) is 107 Å². The summed E-state index contributed by atoms with van der Waals surface area (Å²) >= 11 is 0. The molecule has 10 heteroatoms. The Morgan fingerprint density at radius 2 is 0.854 bits per heavy atom. The third-order valence-electron chi connectivity index (χ3n) is 7.12. The zero-order valence-corrected chi connectivity index (χ0v) is 28.5. The second kappa shape index (κ2) is 18.5. The highest BCUT2D eigenvalue weighted by Gasteiger charge is 2.19. The lowest BCUT2D eigenvalue weighted by Gasteiger charge is -2.22. The summed E-state index contributed by atoms with van der Waals surface area (Å²) in [5, 5.41) is 5.74. The van der Waals surface area contributed by atoms with Gasteiger partial charge in [0.15, 0.2) is 0 Å². The number of aliphatic imine (C=N–C) groups is 2. The minimum Gasteiger partial charge on any atom is -0.322 e. The summed E-state index contributed by atoms with van der Waals surface area (Å²) in [5.74, 6) is 0.184. The number of amides is 4. The summed E-state index contributed by atoms with van der Waals surface area (Å²) < 4.78 is 0. The molecular formula is C38H44N6O4. The predicted molar refractivity (Wildman–Crippen MR) is 194 cm³/mol. The van der Waals surface area contributed by atoms with Crippen molar-refractivity contribution in [2.75, 3.05) is 36.8 Å². The van der Waals surface area contributed by atoms with Gasteiger partial charge >= 0.3 is 0 Å². The number of benzene rings is 3. The molecule has 3 rings (SSSR count). The smallest absolute Gasteiger partial charge is 0.255 e. The van der Waals surface area contributed by atoms with Gasteiger partial charge in [-0.25, -0.2) is 0 Å². The highest BCUT2D eigenvalue weighted by molar-refractivity contribution is 6.12. The number of carbonyl (C=O) groups is 4. The van der Waals surface area contributed by atoms with Crippen LogP contribution in [0.3, 0.4) is 0 Å². The molecule has 0 aromatic heterocycles. The van der Waals surface area contributed by atoms with Crippen LogP contribution >= 0.6 is 0 Å². The van der Waals surface area contributed by atoms with E-state index in [1.165, 1.54) is 12.2 Å². The second-order valence-electron chi connectivity index (χ2n) is 10.4. The molecule has 0 heterocycles. The van der Waals surface area contributed by atoms with Crippen molar-refractivity contribution in [3.05, 3.63) is 119 Å². The fraction of sp³-hybridized carbons (Fsp3) is 0.263. The van der Waals surface area contributed by atoms with Crippen molar-refractivity contribution in [3.63, 3.8) is 0 Å². The number of anilines is 2. The summed E-state index contributed by atoms with van der Waals surface area (Å²) in [6.45, 7) is 13.2. The molecule has 3 aromatic rings. The van der Waals surface area contributed by atoms with E-state index in [1.807, 2.05) is 52.0 Å². The summed E-state index contributed by atoms with van der Waals surface area (Å²) in [4.78, 5) is 63.4. The first-order valence-corrected chi connectivity index (χ1v) is 16.1. The lowest BCUT2D eigenvalue weighted by Crippen LogP contribution is -2.36. The van der Waals surface area contributed by atoms with Gasteiger partial charge in [0.05, 0.1) is 0 Å². The monoisotopic (exact) mass is 648 g/mol. The largest absolute Gasteiger partial charge is 0.322 e. The van der Waals surface area contributed by atoms with Crippen LogP contribution in [0.4, 0.5) is 11.4 Å². The Kier molecular flexibility index (Phi) is 14.2. The van der Waals surface area contributed by atoms with E-state index < -0.39 is 0 Å². The van der Waals surface area contributed by atoms with Gasteiger partial charge < -0.3 is 10.6 Å². The molecule has 0 aliphatic heterocycles. The van der Waals surface area contributed by atoms with Crippen molar-refractivity contribution >= 4 is 46.7 Å². The van der Waals surface area contributed by atoms with Gasteiger partial charge in [-0.2, -0.15) is 0 Å². The molecule has 0 bridgehead atoms. The zero-order valence-electron chi connectivity index (χ0n) is 28.5. The van der Waals surface area contributed by atoms with Crippen LogP contribution in [0, 0.1) is 0 Å². The van der Waals surface area contributed by atoms with E-state index in [0.29, 0.717) is 60.4 Å². The Morgan fingerprint density at radius 1 is 0.542 bits per heavy atom. The van der Waals surface area contributed by atoms with E-state index in [0.717, 1.165) is 11.1 Å². The number of nitrogens with zero attached hydrogens (tertiary/aromatic N) is 4. The summed E-state index contributed by atoms with van der Waals surface area (Å²) in [5.41, 5.74) is 3.45. The van der Waals surface area contributed by atoms with Gasteiger partial charge in [-0.15, -0.1) is 0 Å². The van der Waals surface area contributed by atoms with Gasteiger partial charge in [0.2, 0.25) is 0 Å². The number of hydrogen-bond acceptors (Lipinski definition) is 6. The number of allylic oxidation sites excluding steroid dienone is 2. The summed E-state index contributed by atoms with van der Waals surface area (Å²) in [7, 11) is 0. The quantitative estimate of drug-likeness (QED) is 0.131. The number of likely N-dealkylation sites (N-methyl/N-ethyl adjacent to an activating group) is 2. The highest BCUT2D eigenvalue weighted by atomic mass is 16.2. The van der Waals surface area contributed by atoms with Crippen LogP contribution in [-0.4, -0.2) is 71.3 Å². The lowest BCUT2D eigenvalue weighted by atomic mass is 10.1. The molecule has 3 aromatic carbocycles. The number of carbonyl (C=O) groups excluding carboxylic acids is 4. The summed E-state index contributed by atoms with van der Waals surface area (Å²) in [6, 6.07) is 20.7. The molecule has 0 fully saturated rings. The van der Waals surface area contributed by atoms with Gasteiger partial charge in [-0.3, -0.25) is 39.0 Å². The first-order valence-electron chi connectivity index (χ1n) is 16.1. The minimum absolute atomic E-state index is 0.149. The van der Waals surface area contributed by atoms with Crippen molar-refractivity contribution in [2.24, 2.45) is 9.98 Å². The maximum atomic E-state index is 13.0. The molecule has 0 unspecified atom stereocenters. The van der Waals surface area contributed by atoms with E-state index in [4.69, 9.17) is 0 Å². The number of amidine groups is 2. The second-order valence-corrected chi connectivity index (χ2v) is 10.4. The van der Waals surface area contributed by atoms with Crippen LogP contribution in [0.5, 0.6) is 0 Å². The van der Waals surface area contributed by atoms with E-state index in [9.17, 15) is 19.2 Å². The zero-order chi connectivity index (χ0) is 35.1. The molecule has 10 nitrogen and oxygen atoms in total. The van der Waals surface area contributed by atoms with Gasteiger partial charge in [0, 0.05) is 59.8 Å². The Hall–Kier alpha value is -5.64. The third kappa shape index (κ3) is 9.68. The van der Waals surface area contributed by atoms with Crippen molar-refractivity contribution in [1.29, 1.82) is 0 Å². The van der Waals surface area contributed by atoms with Gasteiger partial charge in [-0.05, 0) is 126 Å². The fourth-order valence-corrected chi connectivity index (χ4v) is 4.83. The topological polar surface area (TPSA) is 124 Å². The van der Waals surface area contributed by atoms with Crippen molar-refractivity contribution in [2.45, 2.75) is 41.5 Å². The number of hydrogen-bond donors (Lipinski definition) is 2. The molecule has 0 atom stereocenters. The molecule has 0 spiro atoms. The molecule has 0 radical (unpaired) electrons. The van der Waals surface area contributed by atoms with E-state index in [1.54, 1.807) is 84.3 Å². The SMILES string of the molecule is CC=CC(=O)N(CC)C(=NCC)c1ccc(NC(=O)c2ccc(C(=O)Nc3ccc(C(=NCC)N(CC)C(=O)C=CC)cc3)cc2)cc1. The Labute approximate surface area is 283 Å². The standard InChI is InChI=1S/C38H44N6O4/c1-7-13-33(45)43(11-5)35(39-9-3)27-19-23-31(24-20-27)41-37(47)29-15-17-30(18-16-29)38(48)42-32-25-21-28(22-26-32)36(40-10-4)44(12-6)34(46)14-8-2/h7-8,13-26H,9-12H2,1-6H3,(H,41,47)(H,42,48). The first-order chi connectivity index (χ1) is 23.2. The first kappa shape index (κ1) is 36.8. The van der Waals surface area contributed by atoms with E-state index in [2.05, 4.69) is 20.6 Å². The van der Waals surface area contributed by atoms with Gasteiger partial charge in [0.1, 0.15) is 11.7 Å². The van der Waals surface area contributed by atoms with Gasteiger partial charge in [-0.1, -0.05) is 12.2 Å². The molecule has 2 N–H and O–H groups in total. The van der Waals surface area contributed by atoms with Crippen LogP contribution in [0.1, 0.15) is 73.4 Å². The van der Waals surface area contributed by atoms with Crippen LogP contribution in [0.2, 0.25) is 0 Å². The van der Waals surface area contributed by atoms with Crippen LogP contribution in [0.25, 0.3) is 0 Å².